The molecule has 1 N–H and O–H groups in total. The summed E-state index contributed by atoms with van der Waals surface area (Å²) in [6.45, 7) is 2.24. The van der Waals surface area contributed by atoms with Crippen LogP contribution in [-0.4, -0.2) is 32.4 Å². The number of benzene rings is 2. The van der Waals surface area contributed by atoms with Crippen LogP contribution >= 0.6 is 22.6 Å². The monoisotopic (exact) mass is 479 g/mol. The lowest BCUT2D eigenvalue weighted by molar-refractivity contribution is 0.0954. The molecule has 0 saturated carbocycles. The van der Waals surface area contributed by atoms with Gasteiger partial charge >= 0.3 is 0 Å². The Morgan fingerprint density at radius 1 is 1.22 bits per heavy atom. The summed E-state index contributed by atoms with van der Waals surface area (Å²) < 4.78 is 17.0. The van der Waals surface area contributed by atoms with Crippen LogP contribution in [0.5, 0.6) is 17.2 Å². The second-order valence-corrected chi connectivity index (χ2v) is 6.30. The zero-order valence-electron chi connectivity index (χ0n) is 14.9. The summed E-state index contributed by atoms with van der Waals surface area (Å²) in [4.78, 5) is 12.2. The van der Waals surface area contributed by atoms with Crippen molar-refractivity contribution in [1.29, 1.82) is 5.26 Å². The second kappa shape index (κ2) is 10.4. The normalized spacial score (nSPS) is 10.3. The molecule has 0 radical (unpaired) electrons. The van der Waals surface area contributed by atoms with Crippen molar-refractivity contribution in [3.8, 4) is 23.3 Å². The molecule has 1 amide bonds. The minimum atomic E-state index is -0.347. The summed E-state index contributed by atoms with van der Waals surface area (Å²) in [7, 11) is 1.55. The second-order valence-electron chi connectivity index (χ2n) is 5.13. The van der Waals surface area contributed by atoms with Gasteiger partial charge in [0, 0.05) is 5.56 Å². The number of halogens is 1. The Balaban J connectivity index is 2.08. The lowest BCUT2D eigenvalue weighted by Gasteiger charge is -2.10. The third kappa shape index (κ3) is 5.86. The Bertz CT molecular complexity index is 878. The van der Waals surface area contributed by atoms with Gasteiger partial charge in [-0.25, -0.2) is 5.43 Å². The standard InChI is InChI=1S/C19H18IN3O4/c1-3-26-18-10-13(4-7-16(18)27-9-8-21)12-22-23-19(24)14-5-6-15(20)17(11-14)25-2/h4-7,10-12H,3,9H2,1-2H3,(H,23,24)/b22-12-. The van der Waals surface area contributed by atoms with Crippen LogP contribution in [0, 0.1) is 14.9 Å². The van der Waals surface area contributed by atoms with Crippen LogP contribution in [0.25, 0.3) is 0 Å². The van der Waals surface area contributed by atoms with Gasteiger partial charge in [-0.05, 0) is 71.5 Å². The number of hydrazone groups is 1. The van der Waals surface area contributed by atoms with Gasteiger partial charge in [-0.1, -0.05) is 0 Å². The van der Waals surface area contributed by atoms with Crippen molar-refractivity contribution in [2.45, 2.75) is 6.92 Å². The maximum Gasteiger partial charge on any atom is 0.271 e. The number of carbonyl (C=O) groups excluding carboxylic acids is 1. The number of rotatable bonds is 8. The average Bonchev–Trinajstić information content (AvgIpc) is 2.68. The van der Waals surface area contributed by atoms with Gasteiger partial charge in [0.2, 0.25) is 0 Å². The molecule has 27 heavy (non-hydrogen) atoms. The van der Waals surface area contributed by atoms with Crippen LogP contribution in [-0.2, 0) is 0 Å². The van der Waals surface area contributed by atoms with Gasteiger partial charge in [0.1, 0.15) is 11.8 Å². The fourth-order valence-corrected chi connectivity index (χ4v) is 2.69. The van der Waals surface area contributed by atoms with E-state index >= 15 is 0 Å². The Kier molecular flexibility index (Phi) is 7.88. The first-order valence-corrected chi connectivity index (χ1v) is 9.10. The van der Waals surface area contributed by atoms with Crippen molar-refractivity contribution < 1.29 is 19.0 Å². The molecule has 0 aromatic heterocycles. The van der Waals surface area contributed by atoms with Crippen molar-refractivity contribution >= 4 is 34.7 Å². The molecule has 8 heteroatoms. The molecule has 0 saturated heterocycles. The Labute approximate surface area is 171 Å². The summed E-state index contributed by atoms with van der Waals surface area (Å²) in [6.07, 6.45) is 1.50. The molecule has 140 valence electrons. The molecule has 0 aliphatic heterocycles. The summed E-state index contributed by atoms with van der Waals surface area (Å²) in [5, 5.41) is 12.6. The molecule has 0 spiro atoms. The summed E-state index contributed by atoms with van der Waals surface area (Å²) >= 11 is 2.13. The van der Waals surface area contributed by atoms with Crippen LogP contribution in [0.15, 0.2) is 41.5 Å². The van der Waals surface area contributed by atoms with E-state index < -0.39 is 0 Å². The fourth-order valence-electron chi connectivity index (χ4n) is 2.13. The van der Waals surface area contributed by atoms with Gasteiger partial charge in [0.15, 0.2) is 18.1 Å². The van der Waals surface area contributed by atoms with Crippen molar-refractivity contribution in [2.75, 3.05) is 20.3 Å². The number of ether oxygens (including phenoxy) is 3. The smallest absolute Gasteiger partial charge is 0.271 e. The first-order chi connectivity index (χ1) is 13.1. The lowest BCUT2D eigenvalue weighted by Crippen LogP contribution is -2.17. The van der Waals surface area contributed by atoms with Crippen LogP contribution < -0.4 is 19.6 Å². The van der Waals surface area contributed by atoms with Gasteiger partial charge in [-0.3, -0.25) is 4.79 Å². The number of hydrogen-bond acceptors (Lipinski definition) is 6. The summed E-state index contributed by atoms with van der Waals surface area (Å²) in [5.41, 5.74) is 3.63. The number of nitriles is 1. The van der Waals surface area contributed by atoms with E-state index in [0.717, 1.165) is 3.57 Å². The van der Waals surface area contributed by atoms with Crippen molar-refractivity contribution in [3.63, 3.8) is 0 Å². The van der Waals surface area contributed by atoms with E-state index in [1.807, 2.05) is 13.0 Å². The fraction of sp³-hybridized carbons (Fsp3) is 0.211. The van der Waals surface area contributed by atoms with E-state index in [2.05, 4.69) is 33.1 Å². The molecule has 0 heterocycles. The van der Waals surface area contributed by atoms with E-state index in [9.17, 15) is 4.79 Å². The number of methoxy groups -OCH3 is 1. The highest BCUT2D eigenvalue weighted by molar-refractivity contribution is 14.1. The van der Waals surface area contributed by atoms with Crippen LogP contribution in [0.2, 0.25) is 0 Å². The number of amides is 1. The molecule has 7 nitrogen and oxygen atoms in total. The van der Waals surface area contributed by atoms with Crippen LogP contribution in [0.3, 0.4) is 0 Å². The topological polar surface area (TPSA) is 92.9 Å². The molecule has 2 aromatic rings. The number of carbonyl (C=O) groups is 1. The molecule has 0 atom stereocenters. The summed E-state index contributed by atoms with van der Waals surface area (Å²) in [6, 6.07) is 12.2. The molecular weight excluding hydrogens is 461 g/mol. The first kappa shape index (κ1) is 20.5. The van der Waals surface area contributed by atoms with E-state index in [-0.39, 0.29) is 12.5 Å². The van der Waals surface area contributed by atoms with Crippen molar-refractivity contribution in [1.82, 2.24) is 5.43 Å². The summed E-state index contributed by atoms with van der Waals surface area (Å²) in [5.74, 6) is 1.26. The predicted octanol–water partition coefficient (Wildman–Crippen LogP) is 3.36. The van der Waals surface area contributed by atoms with Gasteiger partial charge in [-0.15, -0.1) is 0 Å². The quantitative estimate of drug-likeness (QED) is 0.356. The predicted molar refractivity (Wildman–Crippen MR) is 109 cm³/mol. The van der Waals surface area contributed by atoms with E-state index in [0.29, 0.717) is 35.0 Å². The van der Waals surface area contributed by atoms with E-state index in [1.165, 1.54) is 6.21 Å². The highest BCUT2D eigenvalue weighted by Gasteiger charge is 2.09. The zero-order chi connectivity index (χ0) is 19.6. The zero-order valence-corrected chi connectivity index (χ0v) is 17.0. The molecule has 0 aliphatic carbocycles. The highest BCUT2D eigenvalue weighted by atomic mass is 127. The molecule has 0 unspecified atom stereocenters. The lowest BCUT2D eigenvalue weighted by atomic mass is 10.2. The van der Waals surface area contributed by atoms with Crippen LogP contribution in [0.4, 0.5) is 0 Å². The molecule has 0 fully saturated rings. The Morgan fingerprint density at radius 2 is 2.04 bits per heavy atom. The van der Waals surface area contributed by atoms with Gasteiger partial charge < -0.3 is 14.2 Å². The van der Waals surface area contributed by atoms with Crippen molar-refractivity contribution in [2.24, 2.45) is 5.10 Å². The molecule has 0 bridgehead atoms. The maximum absolute atomic E-state index is 12.2. The average molecular weight is 479 g/mol. The molecule has 2 aromatic carbocycles. The van der Waals surface area contributed by atoms with Gasteiger partial charge in [-0.2, -0.15) is 10.4 Å². The van der Waals surface area contributed by atoms with Gasteiger partial charge in [0.05, 0.1) is 23.5 Å². The molecule has 0 aliphatic rings. The number of nitrogens with one attached hydrogen (secondary N) is 1. The van der Waals surface area contributed by atoms with Crippen LogP contribution in [0.1, 0.15) is 22.8 Å². The SMILES string of the molecule is CCOc1cc(/C=N\NC(=O)c2ccc(I)c(OC)c2)ccc1OCC#N. The number of nitrogens with zero attached hydrogens (tertiary/aromatic N) is 2. The minimum absolute atomic E-state index is 0.0664. The first-order valence-electron chi connectivity index (χ1n) is 8.02. The van der Waals surface area contributed by atoms with Crippen molar-refractivity contribution in [3.05, 3.63) is 51.1 Å². The highest BCUT2D eigenvalue weighted by Crippen LogP contribution is 2.28. The third-order valence-corrected chi connectivity index (χ3v) is 4.24. The third-order valence-electron chi connectivity index (χ3n) is 3.35. The maximum atomic E-state index is 12.2. The molecular formula is C19H18IN3O4. The van der Waals surface area contributed by atoms with E-state index in [4.69, 9.17) is 19.5 Å². The van der Waals surface area contributed by atoms with E-state index in [1.54, 1.807) is 43.5 Å². The largest absolute Gasteiger partial charge is 0.496 e. The number of hydrogen-bond donors (Lipinski definition) is 1. The minimum Gasteiger partial charge on any atom is -0.496 e. The van der Waals surface area contributed by atoms with Gasteiger partial charge in [0.25, 0.3) is 5.91 Å². The Hall–Kier alpha value is -2.80. The molecule has 2 rings (SSSR count). The Morgan fingerprint density at radius 3 is 2.74 bits per heavy atom.